The Kier molecular flexibility index (Phi) is 4.39. The highest BCUT2D eigenvalue weighted by Gasteiger charge is 2.34. The lowest BCUT2D eigenvalue weighted by Crippen LogP contribution is -2.43. The Labute approximate surface area is 144 Å². The number of ether oxygens (including phenoxy) is 1. The minimum Gasteiger partial charge on any atom is -0.474 e. The van der Waals surface area contributed by atoms with E-state index in [1.165, 1.54) is 6.92 Å². The Hall–Kier alpha value is -2.96. The fourth-order valence-corrected chi connectivity index (χ4v) is 3.07. The highest BCUT2D eigenvalue weighted by molar-refractivity contribution is 5.99. The monoisotopic (exact) mass is 344 g/mol. The number of anilines is 1. The maximum absolute atomic E-state index is 13.4. The second-order valence-electron chi connectivity index (χ2n) is 6.02. The van der Waals surface area contributed by atoms with Gasteiger partial charge in [-0.15, -0.1) is 0 Å². The van der Waals surface area contributed by atoms with Crippen molar-refractivity contribution in [2.75, 3.05) is 4.90 Å². The van der Waals surface area contributed by atoms with Crippen molar-refractivity contribution < 1.29 is 18.8 Å². The van der Waals surface area contributed by atoms with Crippen LogP contribution in [0.3, 0.4) is 0 Å². The van der Waals surface area contributed by atoms with Gasteiger partial charge in [-0.1, -0.05) is 18.2 Å². The van der Waals surface area contributed by atoms with E-state index in [9.17, 15) is 19.3 Å². The first-order valence-electron chi connectivity index (χ1n) is 7.90. The number of para-hydroxylation sites is 1. The lowest BCUT2D eigenvalue weighted by Gasteiger charge is -2.26. The molecule has 0 fully saturated rings. The molecule has 7 heteroatoms. The Morgan fingerprint density at radius 2 is 2.08 bits per heavy atom. The highest BCUT2D eigenvalue weighted by Crippen LogP contribution is 2.33. The number of amides is 1. The molecule has 130 valence electrons. The van der Waals surface area contributed by atoms with Crippen molar-refractivity contribution in [3.05, 3.63) is 64.0 Å². The minimum atomic E-state index is -0.992. The molecule has 1 aliphatic rings. The zero-order valence-electron chi connectivity index (χ0n) is 13.8. The number of hydrogen-bond acceptors (Lipinski definition) is 4. The van der Waals surface area contributed by atoms with Crippen LogP contribution in [0.5, 0.6) is 5.75 Å². The third kappa shape index (κ3) is 3.17. The van der Waals surface area contributed by atoms with Crippen LogP contribution >= 0.6 is 0 Å². The van der Waals surface area contributed by atoms with Gasteiger partial charge in [0.25, 0.3) is 5.91 Å². The topological polar surface area (TPSA) is 72.7 Å². The molecule has 0 bridgehead atoms. The molecule has 0 radical (unpaired) electrons. The van der Waals surface area contributed by atoms with E-state index in [1.54, 1.807) is 4.90 Å². The molecule has 1 heterocycles. The van der Waals surface area contributed by atoms with E-state index in [4.69, 9.17) is 4.74 Å². The average molecular weight is 344 g/mol. The smallest absolute Gasteiger partial charge is 0.311 e. The SMILES string of the molecule is C[C@@H](Oc1cc(F)ccc1[N+](=O)[O-])C(=O)N1c2ccccc2C[C@@H]1C. The van der Waals surface area contributed by atoms with Gasteiger partial charge in [-0.25, -0.2) is 4.39 Å². The summed E-state index contributed by atoms with van der Waals surface area (Å²) in [6.45, 7) is 3.43. The van der Waals surface area contributed by atoms with Crippen molar-refractivity contribution in [2.45, 2.75) is 32.4 Å². The number of carbonyl (C=O) groups is 1. The van der Waals surface area contributed by atoms with Crippen LogP contribution < -0.4 is 9.64 Å². The summed E-state index contributed by atoms with van der Waals surface area (Å²) in [6.07, 6.45) is -0.261. The van der Waals surface area contributed by atoms with Gasteiger partial charge in [-0.05, 0) is 38.0 Å². The molecular formula is C18H17FN2O4. The first-order chi connectivity index (χ1) is 11.9. The molecule has 6 nitrogen and oxygen atoms in total. The summed E-state index contributed by atoms with van der Waals surface area (Å²) in [5.74, 6) is -1.25. The van der Waals surface area contributed by atoms with E-state index in [-0.39, 0.29) is 23.4 Å². The number of nitro groups is 1. The maximum Gasteiger partial charge on any atom is 0.311 e. The van der Waals surface area contributed by atoms with Crippen LogP contribution in [-0.2, 0) is 11.2 Å². The van der Waals surface area contributed by atoms with Crippen LogP contribution in [0.1, 0.15) is 19.4 Å². The molecule has 25 heavy (non-hydrogen) atoms. The molecule has 2 atom stereocenters. The van der Waals surface area contributed by atoms with E-state index >= 15 is 0 Å². The first-order valence-corrected chi connectivity index (χ1v) is 7.90. The molecule has 1 aliphatic heterocycles. The molecule has 2 aromatic carbocycles. The highest BCUT2D eigenvalue weighted by atomic mass is 19.1. The summed E-state index contributed by atoms with van der Waals surface area (Å²) in [7, 11) is 0. The fraction of sp³-hybridized carbons (Fsp3) is 0.278. The first kappa shape index (κ1) is 16.9. The number of nitrogens with zero attached hydrogens (tertiary/aromatic N) is 2. The number of halogens is 1. The van der Waals surface area contributed by atoms with Gasteiger partial charge in [0, 0.05) is 23.9 Å². The molecule has 0 unspecified atom stereocenters. The number of hydrogen-bond donors (Lipinski definition) is 0. The number of nitro benzene ring substituents is 1. The summed E-state index contributed by atoms with van der Waals surface area (Å²) in [6, 6.07) is 10.5. The summed E-state index contributed by atoms with van der Waals surface area (Å²) >= 11 is 0. The van der Waals surface area contributed by atoms with Gasteiger partial charge in [0.1, 0.15) is 5.82 Å². The standard InChI is InChI=1S/C18H17FN2O4/c1-11-9-13-5-3-4-6-15(13)20(11)18(22)12(2)25-17-10-14(19)7-8-16(17)21(23)24/h3-8,10-12H,9H2,1-2H3/t11-,12+/m0/s1. The number of rotatable bonds is 4. The van der Waals surface area contributed by atoms with E-state index in [0.29, 0.717) is 0 Å². The van der Waals surface area contributed by atoms with E-state index in [0.717, 1.165) is 35.9 Å². The Morgan fingerprint density at radius 3 is 2.80 bits per heavy atom. The van der Waals surface area contributed by atoms with Crippen LogP contribution in [0.4, 0.5) is 15.8 Å². The van der Waals surface area contributed by atoms with Crippen molar-refractivity contribution in [3.63, 3.8) is 0 Å². The molecule has 1 amide bonds. The van der Waals surface area contributed by atoms with Gasteiger partial charge in [-0.2, -0.15) is 0 Å². The fourth-order valence-electron chi connectivity index (χ4n) is 3.07. The van der Waals surface area contributed by atoms with Gasteiger partial charge in [0.15, 0.2) is 6.10 Å². The average Bonchev–Trinajstić information content (AvgIpc) is 2.89. The molecule has 3 rings (SSSR count). The third-order valence-corrected chi connectivity index (χ3v) is 4.21. The molecule has 0 spiro atoms. The normalized spacial score (nSPS) is 17.1. The molecule has 0 aliphatic carbocycles. The van der Waals surface area contributed by atoms with Gasteiger partial charge in [-0.3, -0.25) is 14.9 Å². The van der Waals surface area contributed by atoms with Crippen molar-refractivity contribution in [1.82, 2.24) is 0 Å². The molecule has 0 saturated heterocycles. The van der Waals surface area contributed by atoms with Crippen molar-refractivity contribution in [3.8, 4) is 5.75 Å². The third-order valence-electron chi connectivity index (χ3n) is 4.21. The Balaban J connectivity index is 1.85. The van der Waals surface area contributed by atoms with Crippen molar-refractivity contribution in [2.24, 2.45) is 0 Å². The predicted octanol–water partition coefficient (Wildman–Crippen LogP) is 3.48. The minimum absolute atomic E-state index is 0.0431. The van der Waals surface area contributed by atoms with Gasteiger partial charge in [0.2, 0.25) is 5.75 Å². The number of fused-ring (bicyclic) bond motifs is 1. The molecule has 2 aromatic rings. The van der Waals surface area contributed by atoms with E-state index in [2.05, 4.69) is 0 Å². The Bertz CT molecular complexity index is 840. The maximum atomic E-state index is 13.4. The second kappa shape index (κ2) is 6.51. The quantitative estimate of drug-likeness (QED) is 0.629. The van der Waals surface area contributed by atoms with Crippen molar-refractivity contribution >= 4 is 17.3 Å². The molecule has 0 saturated carbocycles. The van der Waals surface area contributed by atoms with Gasteiger partial charge in [0.05, 0.1) is 4.92 Å². The van der Waals surface area contributed by atoms with Crippen LogP contribution in [-0.4, -0.2) is 23.0 Å². The Morgan fingerprint density at radius 1 is 1.36 bits per heavy atom. The summed E-state index contributed by atoms with van der Waals surface area (Å²) in [4.78, 5) is 24.9. The second-order valence-corrected chi connectivity index (χ2v) is 6.02. The van der Waals surface area contributed by atoms with Gasteiger partial charge < -0.3 is 9.64 Å². The van der Waals surface area contributed by atoms with Crippen LogP contribution in [0.2, 0.25) is 0 Å². The summed E-state index contributed by atoms with van der Waals surface area (Å²) < 4.78 is 18.9. The predicted molar refractivity (Wildman–Crippen MR) is 90.2 cm³/mol. The summed E-state index contributed by atoms with van der Waals surface area (Å²) in [5.41, 5.74) is 1.49. The zero-order chi connectivity index (χ0) is 18.1. The van der Waals surface area contributed by atoms with Gasteiger partial charge >= 0.3 is 5.69 Å². The van der Waals surface area contributed by atoms with Crippen LogP contribution in [0.25, 0.3) is 0 Å². The van der Waals surface area contributed by atoms with E-state index in [1.807, 2.05) is 31.2 Å². The molecule has 0 aromatic heterocycles. The lowest BCUT2D eigenvalue weighted by atomic mass is 10.1. The van der Waals surface area contributed by atoms with Crippen molar-refractivity contribution in [1.29, 1.82) is 0 Å². The zero-order valence-corrected chi connectivity index (χ0v) is 13.8. The number of carbonyl (C=O) groups excluding carboxylic acids is 1. The largest absolute Gasteiger partial charge is 0.474 e. The van der Waals surface area contributed by atoms with E-state index < -0.39 is 16.8 Å². The lowest BCUT2D eigenvalue weighted by molar-refractivity contribution is -0.386. The molecular weight excluding hydrogens is 327 g/mol. The van der Waals surface area contributed by atoms with Crippen LogP contribution in [0.15, 0.2) is 42.5 Å². The summed E-state index contributed by atoms with van der Waals surface area (Å²) in [5, 5.41) is 11.1. The number of benzene rings is 2. The molecule has 0 N–H and O–H groups in total. The van der Waals surface area contributed by atoms with Crippen LogP contribution in [0, 0.1) is 15.9 Å².